The normalized spacial score (nSPS) is 11.5. The fourth-order valence-electron chi connectivity index (χ4n) is 2.55. The van der Waals surface area contributed by atoms with E-state index in [0.717, 1.165) is 27.9 Å². The first-order valence-corrected chi connectivity index (χ1v) is 10.3. The summed E-state index contributed by atoms with van der Waals surface area (Å²) in [5.41, 5.74) is 4.50. The largest absolute Gasteiger partial charge is 0.259 e. The molecule has 3 aromatic rings. The molecule has 6 heteroatoms. The second kappa shape index (κ2) is 7.16. The highest BCUT2D eigenvalue weighted by Gasteiger charge is 2.11. The van der Waals surface area contributed by atoms with E-state index in [1.165, 1.54) is 6.26 Å². The summed E-state index contributed by atoms with van der Waals surface area (Å²) in [5.74, 6) is 0.362. The Labute approximate surface area is 157 Å². The number of hydrogen-bond donors (Lipinski definition) is 0. The molecule has 2 aromatic carbocycles. The van der Waals surface area contributed by atoms with Crippen LogP contribution < -0.4 is 0 Å². The maximum Gasteiger partial charge on any atom is 0.175 e. The van der Waals surface area contributed by atoms with Crippen LogP contribution in [-0.2, 0) is 15.7 Å². The standard InChI is InChI=1S/C19H15Cl2NO2S/c1-25(23,24)17-7-3-13(4-8-17)19-10-15(21)5-9-18(19)14-2-6-16(11-20)22-12-14/h2-10,12H,11H2,1H3. The monoisotopic (exact) mass is 391 g/mol. The summed E-state index contributed by atoms with van der Waals surface area (Å²) in [6.07, 6.45) is 2.96. The van der Waals surface area contributed by atoms with E-state index in [4.69, 9.17) is 23.2 Å². The summed E-state index contributed by atoms with van der Waals surface area (Å²) >= 11 is 12.0. The van der Waals surface area contributed by atoms with Crippen LogP contribution in [0.3, 0.4) is 0 Å². The number of nitrogens with zero attached hydrogens (tertiary/aromatic N) is 1. The number of aromatic nitrogens is 1. The molecule has 1 heterocycles. The first kappa shape index (κ1) is 17.9. The molecule has 0 bridgehead atoms. The second-order valence-electron chi connectivity index (χ2n) is 5.66. The van der Waals surface area contributed by atoms with E-state index in [9.17, 15) is 8.42 Å². The molecule has 0 aliphatic rings. The molecule has 0 saturated heterocycles. The number of halogens is 2. The quantitative estimate of drug-likeness (QED) is 0.573. The van der Waals surface area contributed by atoms with Gasteiger partial charge in [0.05, 0.1) is 16.5 Å². The summed E-state index contributed by atoms with van der Waals surface area (Å²) in [7, 11) is -3.23. The van der Waals surface area contributed by atoms with Crippen molar-refractivity contribution in [1.82, 2.24) is 4.98 Å². The average Bonchev–Trinajstić information content (AvgIpc) is 2.61. The van der Waals surface area contributed by atoms with Gasteiger partial charge < -0.3 is 0 Å². The van der Waals surface area contributed by atoms with Gasteiger partial charge in [-0.15, -0.1) is 11.6 Å². The molecule has 0 atom stereocenters. The molecular weight excluding hydrogens is 377 g/mol. The van der Waals surface area contributed by atoms with Crippen molar-refractivity contribution in [1.29, 1.82) is 0 Å². The highest BCUT2D eigenvalue weighted by Crippen LogP contribution is 2.34. The van der Waals surface area contributed by atoms with Crippen molar-refractivity contribution in [2.75, 3.05) is 6.26 Å². The van der Waals surface area contributed by atoms with E-state index < -0.39 is 9.84 Å². The van der Waals surface area contributed by atoms with Gasteiger partial charge >= 0.3 is 0 Å². The second-order valence-corrected chi connectivity index (χ2v) is 8.38. The third-order valence-corrected chi connectivity index (χ3v) is 5.49. The lowest BCUT2D eigenvalue weighted by Crippen LogP contribution is -1.96. The minimum Gasteiger partial charge on any atom is -0.259 e. The van der Waals surface area contributed by atoms with Gasteiger partial charge in [0.1, 0.15) is 0 Å². The average molecular weight is 392 g/mol. The van der Waals surface area contributed by atoms with Crippen LogP contribution in [0.5, 0.6) is 0 Å². The van der Waals surface area contributed by atoms with Gasteiger partial charge in [-0.1, -0.05) is 35.9 Å². The summed E-state index contributed by atoms with van der Waals surface area (Å²) in [6.45, 7) is 0. The number of pyridine rings is 1. The molecule has 0 N–H and O–H groups in total. The highest BCUT2D eigenvalue weighted by atomic mass is 35.5. The molecule has 25 heavy (non-hydrogen) atoms. The Kier molecular flexibility index (Phi) is 5.13. The third kappa shape index (κ3) is 4.03. The molecule has 0 saturated carbocycles. The van der Waals surface area contributed by atoms with Gasteiger partial charge in [0.15, 0.2) is 9.84 Å². The predicted molar refractivity (Wildman–Crippen MR) is 103 cm³/mol. The lowest BCUT2D eigenvalue weighted by atomic mass is 9.95. The van der Waals surface area contributed by atoms with Crippen molar-refractivity contribution in [3.63, 3.8) is 0 Å². The Balaban J connectivity index is 2.10. The van der Waals surface area contributed by atoms with E-state index in [0.29, 0.717) is 10.9 Å². The molecule has 0 aliphatic heterocycles. The number of rotatable bonds is 4. The predicted octanol–water partition coefficient (Wildman–Crippen LogP) is 5.21. The number of hydrogen-bond acceptors (Lipinski definition) is 3. The van der Waals surface area contributed by atoms with Crippen LogP contribution in [0.1, 0.15) is 5.69 Å². The molecule has 128 valence electrons. The van der Waals surface area contributed by atoms with Crippen LogP contribution in [0.25, 0.3) is 22.3 Å². The maximum atomic E-state index is 11.6. The van der Waals surface area contributed by atoms with Gasteiger partial charge in [-0.3, -0.25) is 4.98 Å². The van der Waals surface area contributed by atoms with Crippen LogP contribution in [0.15, 0.2) is 65.7 Å². The number of benzene rings is 2. The van der Waals surface area contributed by atoms with Crippen LogP contribution >= 0.6 is 23.2 Å². The van der Waals surface area contributed by atoms with Crippen LogP contribution in [0, 0.1) is 0 Å². The summed E-state index contributed by atoms with van der Waals surface area (Å²) in [6, 6.07) is 16.2. The maximum absolute atomic E-state index is 11.6. The zero-order chi connectivity index (χ0) is 18.0. The van der Waals surface area contributed by atoms with E-state index in [1.807, 2.05) is 30.3 Å². The van der Waals surface area contributed by atoms with Gasteiger partial charge in [-0.05, 0) is 47.0 Å². The smallest absolute Gasteiger partial charge is 0.175 e. The minimum absolute atomic E-state index is 0.285. The number of alkyl halides is 1. The Morgan fingerprint density at radius 1 is 0.920 bits per heavy atom. The Morgan fingerprint density at radius 3 is 2.16 bits per heavy atom. The highest BCUT2D eigenvalue weighted by molar-refractivity contribution is 7.90. The fourth-order valence-corrected chi connectivity index (χ4v) is 3.51. The molecule has 0 unspecified atom stereocenters. The van der Waals surface area contributed by atoms with Crippen molar-refractivity contribution in [3.05, 3.63) is 71.5 Å². The van der Waals surface area contributed by atoms with Crippen molar-refractivity contribution in [3.8, 4) is 22.3 Å². The van der Waals surface area contributed by atoms with E-state index >= 15 is 0 Å². The van der Waals surface area contributed by atoms with Crippen LogP contribution in [0.2, 0.25) is 5.02 Å². The molecule has 0 amide bonds. The molecule has 3 nitrogen and oxygen atoms in total. The Morgan fingerprint density at radius 2 is 1.60 bits per heavy atom. The zero-order valence-electron chi connectivity index (χ0n) is 13.4. The molecule has 3 rings (SSSR count). The zero-order valence-corrected chi connectivity index (χ0v) is 15.7. The first-order chi connectivity index (χ1) is 11.9. The minimum atomic E-state index is -3.23. The van der Waals surface area contributed by atoms with Crippen LogP contribution in [-0.4, -0.2) is 19.7 Å². The van der Waals surface area contributed by atoms with Crippen molar-refractivity contribution in [2.24, 2.45) is 0 Å². The summed E-state index contributed by atoms with van der Waals surface area (Å²) < 4.78 is 23.3. The Hall–Kier alpha value is -1.88. The van der Waals surface area contributed by atoms with Crippen molar-refractivity contribution >= 4 is 33.0 Å². The lowest BCUT2D eigenvalue weighted by Gasteiger charge is -2.11. The number of sulfone groups is 1. The van der Waals surface area contributed by atoms with Crippen LogP contribution in [0.4, 0.5) is 0 Å². The molecule has 0 radical (unpaired) electrons. The Bertz CT molecular complexity index is 999. The molecular formula is C19H15Cl2NO2S. The molecule has 0 spiro atoms. The first-order valence-electron chi connectivity index (χ1n) is 7.50. The fraction of sp³-hybridized carbons (Fsp3) is 0.105. The van der Waals surface area contributed by atoms with E-state index in [1.54, 1.807) is 30.5 Å². The molecule has 1 aromatic heterocycles. The summed E-state index contributed by atoms with van der Waals surface area (Å²) in [5, 5.41) is 0.608. The van der Waals surface area contributed by atoms with E-state index in [2.05, 4.69) is 4.98 Å². The molecule has 0 fully saturated rings. The third-order valence-electron chi connectivity index (χ3n) is 3.85. The van der Waals surface area contributed by atoms with Crippen molar-refractivity contribution < 1.29 is 8.42 Å². The molecule has 0 aliphatic carbocycles. The van der Waals surface area contributed by atoms with Crippen molar-refractivity contribution in [2.45, 2.75) is 10.8 Å². The lowest BCUT2D eigenvalue weighted by molar-refractivity contribution is 0.602. The summed E-state index contributed by atoms with van der Waals surface area (Å²) in [4.78, 5) is 4.62. The topological polar surface area (TPSA) is 47.0 Å². The van der Waals surface area contributed by atoms with Gasteiger partial charge in [-0.25, -0.2) is 8.42 Å². The van der Waals surface area contributed by atoms with Gasteiger partial charge in [0.25, 0.3) is 0 Å². The van der Waals surface area contributed by atoms with Gasteiger partial charge in [-0.2, -0.15) is 0 Å². The van der Waals surface area contributed by atoms with Gasteiger partial charge in [0, 0.05) is 23.0 Å². The SMILES string of the molecule is CS(=O)(=O)c1ccc(-c2cc(Cl)ccc2-c2ccc(CCl)nc2)cc1. The van der Waals surface area contributed by atoms with E-state index in [-0.39, 0.29) is 4.90 Å². The van der Waals surface area contributed by atoms with Gasteiger partial charge in [0.2, 0.25) is 0 Å².